The molecule has 1 saturated heterocycles. The molecule has 5 aromatic rings. The van der Waals surface area contributed by atoms with E-state index in [-0.39, 0.29) is 29.2 Å². The highest BCUT2D eigenvalue weighted by atomic mass is 32.2. The first-order valence-corrected chi connectivity index (χ1v) is 13.2. The first-order chi connectivity index (χ1) is 17.8. The van der Waals surface area contributed by atoms with E-state index >= 15 is 0 Å². The zero-order valence-electron chi connectivity index (χ0n) is 20.0. The molecule has 7 rings (SSSR count). The van der Waals surface area contributed by atoms with E-state index in [1.807, 2.05) is 6.92 Å². The maximum atomic E-state index is 13.5. The Balaban J connectivity index is 1.32. The van der Waals surface area contributed by atoms with Crippen LogP contribution in [0, 0.1) is 18.7 Å². The standard InChI is InChI=1S/C25H22FN7O3S/c1-15-9-21-16(11-29-33(21)18-5-3-17(26)4-6-18)10-19(15)25-14-32(37(34,35)22-12-28-31(2)30-22)13-20(25)23(25)24-27-7-8-36-24/h3-12,20,23H,13-14H2,1-2H3/t20-,23+,25+/m0/s1. The van der Waals surface area contributed by atoms with Crippen LogP contribution in [-0.4, -0.2) is 55.6 Å². The Bertz CT molecular complexity index is 1760. The molecule has 0 unspecified atom stereocenters. The number of nitrogens with zero attached hydrogens (tertiary/aromatic N) is 7. The highest BCUT2D eigenvalue weighted by Crippen LogP contribution is 2.70. The van der Waals surface area contributed by atoms with Crippen LogP contribution < -0.4 is 0 Å². The molecule has 12 heteroatoms. The van der Waals surface area contributed by atoms with Gasteiger partial charge < -0.3 is 4.42 Å². The molecule has 37 heavy (non-hydrogen) atoms. The number of aromatic nitrogens is 6. The van der Waals surface area contributed by atoms with Gasteiger partial charge >= 0.3 is 0 Å². The largest absolute Gasteiger partial charge is 0.449 e. The van der Waals surface area contributed by atoms with Crippen LogP contribution in [0.3, 0.4) is 0 Å². The smallest absolute Gasteiger partial charge is 0.264 e. The molecule has 0 spiro atoms. The van der Waals surface area contributed by atoms with Crippen molar-refractivity contribution in [3.63, 3.8) is 0 Å². The van der Waals surface area contributed by atoms with E-state index in [1.54, 1.807) is 42.5 Å². The van der Waals surface area contributed by atoms with Crippen LogP contribution in [0.25, 0.3) is 16.6 Å². The number of hydrogen-bond donors (Lipinski definition) is 0. The molecular weight excluding hydrogens is 497 g/mol. The number of piperidine rings is 1. The van der Waals surface area contributed by atoms with E-state index in [2.05, 4.69) is 32.4 Å². The Morgan fingerprint density at radius 3 is 2.65 bits per heavy atom. The summed E-state index contributed by atoms with van der Waals surface area (Å²) >= 11 is 0. The first-order valence-electron chi connectivity index (χ1n) is 11.8. The molecule has 1 saturated carbocycles. The summed E-state index contributed by atoms with van der Waals surface area (Å²) in [4.78, 5) is 5.66. The summed E-state index contributed by atoms with van der Waals surface area (Å²) in [6.07, 6.45) is 6.22. The highest BCUT2D eigenvalue weighted by Gasteiger charge is 2.73. The van der Waals surface area contributed by atoms with E-state index in [0.29, 0.717) is 12.4 Å². The molecule has 1 aliphatic heterocycles. The topological polar surface area (TPSA) is 112 Å². The minimum atomic E-state index is -3.81. The molecule has 0 bridgehead atoms. The van der Waals surface area contributed by atoms with Crippen molar-refractivity contribution < 1.29 is 17.2 Å². The van der Waals surface area contributed by atoms with Gasteiger partial charge in [-0.25, -0.2) is 22.5 Å². The number of rotatable bonds is 5. The number of fused-ring (bicyclic) bond motifs is 2. The lowest BCUT2D eigenvalue weighted by Crippen LogP contribution is -2.35. The van der Waals surface area contributed by atoms with Crippen molar-refractivity contribution in [2.24, 2.45) is 13.0 Å². The number of oxazole rings is 1. The van der Waals surface area contributed by atoms with Crippen molar-refractivity contribution in [1.82, 2.24) is 34.1 Å². The Kier molecular flexibility index (Phi) is 4.56. The Morgan fingerprint density at radius 2 is 1.95 bits per heavy atom. The number of hydrogen-bond acceptors (Lipinski definition) is 7. The SMILES string of the molecule is Cc1cc2c(cnn2-c2ccc(F)cc2)cc1[C@]12CN(S(=O)(=O)c3cnn(C)n3)C[C@H]1[C@@H]2c1ncco1. The van der Waals surface area contributed by atoms with E-state index in [4.69, 9.17) is 4.42 Å². The maximum Gasteiger partial charge on any atom is 0.264 e. The van der Waals surface area contributed by atoms with E-state index < -0.39 is 15.4 Å². The number of aryl methyl sites for hydroxylation is 2. The fourth-order valence-corrected chi connectivity index (χ4v) is 7.45. The summed E-state index contributed by atoms with van der Waals surface area (Å²) in [6.45, 7) is 2.63. The third-order valence-corrected chi connectivity index (χ3v) is 9.41. The minimum absolute atomic E-state index is 0.000824. The van der Waals surface area contributed by atoms with Crippen LogP contribution in [0.1, 0.15) is 22.9 Å². The fourth-order valence-electron chi connectivity index (χ4n) is 6.04. The molecular formula is C25H22FN7O3S. The molecule has 188 valence electrons. The lowest BCUT2D eigenvalue weighted by Gasteiger charge is -2.23. The second-order valence-corrected chi connectivity index (χ2v) is 11.6. The predicted molar refractivity (Wildman–Crippen MR) is 130 cm³/mol. The van der Waals surface area contributed by atoms with Crippen molar-refractivity contribution in [3.8, 4) is 5.69 Å². The lowest BCUT2D eigenvalue weighted by atomic mass is 9.88. The molecule has 2 aliphatic rings. The van der Waals surface area contributed by atoms with Gasteiger partial charge in [-0.15, -0.1) is 5.10 Å². The number of halogens is 1. The molecule has 2 fully saturated rings. The lowest BCUT2D eigenvalue weighted by molar-refractivity contribution is 0.391. The minimum Gasteiger partial charge on any atom is -0.449 e. The van der Waals surface area contributed by atoms with Crippen molar-refractivity contribution in [1.29, 1.82) is 0 Å². The van der Waals surface area contributed by atoms with Crippen molar-refractivity contribution >= 4 is 20.9 Å². The fraction of sp³-hybridized carbons (Fsp3) is 0.280. The van der Waals surface area contributed by atoms with Gasteiger partial charge in [0.1, 0.15) is 12.1 Å². The quantitative estimate of drug-likeness (QED) is 0.351. The summed E-state index contributed by atoms with van der Waals surface area (Å²) in [5.41, 5.74) is 3.20. The van der Waals surface area contributed by atoms with E-state index in [0.717, 1.165) is 27.7 Å². The monoisotopic (exact) mass is 519 g/mol. The number of sulfonamides is 1. The van der Waals surface area contributed by atoms with Gasteiger partial charge in [0.25, 0.3) is 10.0 Å². The molecule has 3 aromatic heterocycles. The van der Waals surface area contributed by atoms with Gasteiger partial charge in [-0.2, -0.15) is 19.3 Å². The molecule has 3 atom stereocenters. The summed E-state index contributed by atoms with van der Waals surface area (Å²) in [5, 5.41) is 13.4. The number of benzene rings is 2. The molecule has 0 N–H and O–H groups in total. The zero-order valence-corrected chi connectivity index (χ0v) is 20.8. The molecule has 0 radical (unpaired) electrons. The van der Waals surface area contributed by atoms with Crippen LogP contribution in [0.5, 0.6) is 0 Å². The third-order valence-electron chi connectivity index (χ3n) is 7.74. The average Bonchev–Trinajstić information content (AvgIpc) is 3.52. The van der Waals surface area contributed by atoms with Crippen molar-refractivity contribution in [3.05, 3.63) is 84.1 Å². The van der Waals surface area contributed by atoms with Crippen LogP contribution in [-0.2, 0) is 22.5 Å². The van der Waals surface area contributed by atoms with Crippen LogP contribution in [0.4, 0.5) is 4.39 Å². The van der Waals surface area contributed by atoms with Gasteiger partial charge in [-0.1, -0.05) is 0 Å². The summed E-state index contributed by atoms with van der Waals surface area (Å²) in [5.74, 6) is 0.264. The highest BCUT2D eigenvalue weighted by molar-refractivity contribution is 7.89. The summed E-state index contributed by atoms with van der Waals surface area (Å²) in [6, 6.07) is 10.3. The second-order valence-electron chi connectivity index (χ2n) is 9.72. The van der Waals surface area contributed by atoms with Gasteiger partial charge in [-0.3, -0.25) is 0 Å². The molecule has 0 amide bonds. The molecule has 4 heterocycles. The van der Waals surface area contributed by atoms with E-state index in [9.17, 15) is 12.8 Å². The summed E-state index contributed by atoms with van der Waals surface area (Å²) in [7, 11) is -2.22. The van der Waals surface area contributed by atoms with Gasteiger partial charge in [-0.05, 0) is 60.4 Å². The second kappa shape index (κ2) is 7.56. The maximum absolute atomic E-state index is 13.5. The van der Waals surface area contributed by atoms with Crippen LogP contribution in [0.15, 0.2) is 70.7 Å². The Hall–Kier alpha value is -3.90. The van der Waals surface area contributed by atoms with Crippen LogP contribution in [0.2, 0.25) is 0 Å². The molecule has 10 nitrogen and oxygen atoms in total. The summed E-state index contributed by atoms with van der Waals surface area (Å²) < 4.78 is 49.2. The van der Waals surface area contributed by atoms with Gasteiger partial charge in [0, 0.05) is 30.9 Å². The van der Waals surface area contributed by atoms with Gasteiger partial charge in [0.05, 0.1) is 35.7 Å². The van der Waals surface area contributed by atoms with Crippen molar-refractivity contribution in [2.75, 3.05) is 13.1 Å². The first kappa shape index (κ1) is 22.3. The average molecular weight is 520 g/mol. The van der Waals surface area contributed by atoms with Gasteiger partial charge in [0.15, 0.2) is 5.89 Å². The predicted octanol–water partition coefficient (Wildman–Crippen LogP) is 2.95. The van der Waals surface area contributed by atoms with Gasteiger partial charge in [0.2, 0.25) is 5.03 Å². The zero-order chi connectivity index (χ0) is 25.5. The normalized spacial score (nSPS) is 23.5. The third kappa shape index (κ3) is 3.15. The Labute approximate surface area is 211 Å². The van der Waals surface area contributed by atoms with Crippen LogP contribution >= 0.6 is 0 Å². The molecule has 2 aromatic carbocycles. The Morgan fingerprint density at radius 1 is 1.14 bits per heavy atom. The van der Waals surface area contributed by atoms with E-state index in [1.165, 1.54) is 27.4 Å². The van der Waals surface area contributed by atoms with Crippen molar-refractivity contribution in [2.45, 2.75) is 23.3 Å². The molecule has 1 aliphatic carbocycles.